The number of phenolic OH excluding ortho intramolecular Hbond substituents is 12. The van der Waals surface area contributed by atoms with Crippen molar-refractivity contribution in [3.63, 3.8) is 0 Å². The highest BCUT2D eigenvalue weighted by molar-refractivity contribution is 5.95. The van der Waals surface area contributed by atoms with Crippen molar-refractivity contribution in [3.05, 3.63) is 82.9 Å². The molecule has 0 saturated heterocycles. The Bertz CT molecular complexity index is 1950. The lowest BCUT2D eigenvalue weighted by atomic mass is 10.1. The summed E-state index contributed by atoms with van der Waals surface area (Å²) in [5.41, 5.74) is -0.110. The van der Waals surface area contributed by atoms with E-state index in [1.54, 1.807) is 0 Å². The highest BCUT2D eigenvalue weighted by atomic mass is 16.3. The SMILES string of the molecule is Oc1cc(O)c(C=Nc2cc(N=Cc3cc(O)c(O)cc3O)c(N=Cc3cc(O)c(O)cc3O)cc2N=Cc2cc(O)c(O)cc2O)cc1O. The molecule has 0 unspecified atom stereocenters. The molecule has 0 radical (unpaired) electrons. The van der Waals surface area contributed by atoms with Crippen LogP contribution in [0.3, 0.4) is 0 Å². The maximum absolute atomic E-state index is 10.3. The lowest BCUT2D eigenvalue weighted by Crippen LogP contribution is -1.86. The second-order valence-electron chi connectivity index (χ2n) is 10.5. The van der Waals surface area contributed by atoms with Crippen molar-refractivity contribution in [2.75, 3.05) is 0 Å². The van der Waals surface area contributed by atoms with Crippen molar-refractivity contribution >= 4 is 47.6 Å². The monoisotopic (exact) mass is 682 g/mol. The van der Waals surface area contributed by atoms with Crippen LogP contribution in [0.15, 0.2) is 80.6 Å². The molecule has 0 amide bonds. The second-order valence-corrected chi connectivity index (χ2v) is 10.5. The largest absolute Gasteiger partial charge is 0.507 e. The van der Waals surface area contributed by atoms with Crippen molar-refractivity contribution in [2.24, 2.45) is 20.0 Å². The first-order valence-corrected chi connectivity index (χ1v) is 14.0. The van der Waals surface area contributed by atoms with Crippen molar-refractivity contribution in [1.82, 2.24) is 0 Å². The molecule has 0 aromatic heterocycles. The fourth-order valence-electron chi connectivity index (χ4n) is 4.27. The summed E-state index contributed by atoms with van der Waals surface area (Å²) in [5.74, 6) is -6.35. The van der Waals surface area contributed by atoms with E-state index in [0.717, 1.165) is 73.4 Å². The van der Waals surface area contributed by atoms with Gasteiger partial charge in [-0.1, -0.05) is 0 Å². The zero-order valence-corrected chi connectivity index (χ0v) is 25.2. The molecule has 0 spiro atoms. The van der Waals surface area contributed by atoms with E-state index in [4.69, 9.17) is 0 Å². The lowest BCUT2D eigenvalue weighted by Gasteiger charge is -2.09. The van der Waals surface area contributed by atoms with E-state index >= 15 is 0 Å². The van der Waals surface area contributed by atoms with Crippen molar-refractivity contribution in [2.45, 2.75) is 0 Å². The average molecular weight is 683 g/mol. The molecule has 5 rings (SSSR count). The van der Waals surface area contributed by atoms with Crippen LogP contribution < -0.4 is 0 Å². The number of aliphatic imine (C=N–C) groups is 4. The zero-order chi connectivity index (χ0) is 36.3. The van der Waals surface area contributed by atoms with Gasteiger partial charge in [-0.25, -0.2) is 0 Å². The van der Waals surface area contributed by atoms with Crippen LogP contribution in [-0.2, 0) is 0 Å². The summed E-state index contributed by atoms with van der Waals surface area (Å²) in [4.78, 5) is 17.3. The molecule has 0 aliphatic heterocycles. The highest BCUT2D eigenvalue weighted by Crippen LogP contribution is 2.42. The molecular formula is C34H26N4O12. The summed E-state index contributed by atoms with van der Waals surface area (Å²) in [7, 11) is 0. The first-order chi connectivity index (χ1) is 23.7. The summed E-state index contributed by atoms with van der Waals surface area (Å²) in [6.07, 6.45) is 4.46. The highest BCUT2D eigenvalue weighted by Gasteiger charge is 2.14. The van der Waals surface area contributed by atoms with Gasteiger partial charge in [0.05, 0.1) is 22.7 Å². The summed E-state index contributed by atoms with van der Waals surface area (Å²) >= 11 is 0. The molecule has 16 heteroatoms. The van der Waals surface area contributed by atoms with Crippen molar-refractivity contribution < 1.29 is 61.3 Å². The molecule has 5 aromatic rings. The maximum atomic E-state index is 10.3. The van der Waals surface area contributed by atoms with Crippen LogP contribution >= 0.6 is 0 Å². The van der Waals surface area contributed by atoms with Gasteiger partial charge in [-0.05, 0) is 36.4 Å². The van der Waals surface area contributed by atoms with E-state index in [1.807, 2.05) is 0 Å². The predicted octanol–water partition coefficient (Wildman–Crippen LogP) is 5.16. The van der Waals surface area contributed by atoms with E-state index in [0.29, 0.717) is 0 Å². The van der Waals surface area contributed by atoms with Gasteiger partial charge in [0.1, 0.15) is 23.0 Å². The normalized spacial score (nSPS) is 11.8. The van der Waals surface area contributed by atoms with Gasteiger partial charge in [0, 0.05) is 71.4 Å². The molecule has 0 bridgehead atoms. The molecular weight excluding hydrogens is 656 g/mol. The number of benzene rings is 5. The molecule has 12 N–H and O–H groups in total. The van der Waals surface area contributed by atoms with Gasteiger partial charge >= 0.3 is 0 Å². The molecule has 254 valence electrons. The summed E-state index contributed by atoms with van der Waals surface area (Å²) < 4.78 is 0. The molecule has 0 atom stereocenters. The molecule has 0 saturated carbocycles. The number of rotatable bonds is 8. The Hall–Kier alpha value is -7.62. The Labute approximate surface area is 280 Å². The molecule has 0 aliphatic rings. The molecule has 5 aromatic carbocycles. The zero-order valence-electron chi connectivity index (χ0n) is 25.2. The number of hydrogen-bond acceptors (Lipinski definition) is 16. The Kier molecular flexibility index (Phi) is 9.19. The first kappa shape index (κ1) is 33.7. The quantitative estimate of drug-likeness (QED) is 0.0574. The molecule has 50 heavy (non-hydrogen) atoms. The fraction of sp³-hybridized carbons (Fsp3) is 0. The third-order valence-electron chi connectivity index (χ3n) is 6.94. The van der Waals surface area contributed by atoms with E-state index < -0.39 is 69.0 Å². The molecule has 0 aliphatic carbocycles. The van der Waals surface area contributed by atoms with E-state index in [1.165, 1.54) is 12.1 Å². The first-order valence-electron chi connectivity index (χ1n) is 14.0. The van der Waals surface area contributed by atoms with Gasteiger partial charge in [-0.2, -0.15) is 0 Å². The van der Waals surface area contributed by atoms with Crippen LogP contribution in [0.5, 0.6) is 69.0 Å². The maximum Gasteiger partial charge on any atom is 0.161 e. The standard InChI is InChI=1S/C34H26N4O12/c39-23-7-31(47)27(43)1-15(23)11-35-19-5-21(37-13-17-3-29(45)33(49)9-25(17)41)22(38-14-18-4-30(46)34(50)10-26(18)42)6-20(19)36-12-16-2-28(44)32(48)8-24(16)40/h1-14,39-50H. The fourth-order valence-corrected chi connectivity index (χ4v) is 4.27. The minimum absolute atomic E-state index is 0.00436. The van der Waals surface area contributed by atoms with Gasteiger partial charge < -0.3 is 61.3 Å². The van der Waals surface area contributed by atoms with Crippen LogP contribution in [-0.4, -0.2) is 86.1 Å². The van der Waals surface area contributed by atoms with Gasteiger partial charge in [-0.15, -0.1) is 0 Å². The minimum Gasteiger partial charge on any atom is -0.507 e. The van der Waals surface area contributed by atoms with Crippen LogP contribution in [0.1, 0.15) is 22.3 Å². The number of phenols is 12. The Morgan fingerprint density at radius 2 is 0.420 bits per heavy atom. The number of aromatic hydroxyl groups is 12. The van der Waals surface area contributed by atoms with Crippen LogP contribution in [0.2, 0.25) is 0 Å². The van der Waals surface area contributed by atoms with Gasteiger partial charge in [0.25, 0.3) is 0 Å². The lowest BCUT2D eigenvalue weighted by molar-refractivity contribution is 0.396. The van der Waals surface area contributed by atoms with Crippen LogP contribution in [0.25, 0.3) is 0 Å². The second kappa shape index (κ2) is 13.6. The third kappa shape index (κ3) is 7.34. The van der Waals surface area contributed by atoms with Crippen LogP contribution in [0.4, 0.5) is 22.7 Å². The summed E-state index contributed by atoms with van der Waals surface area (Å²) in [5, 5.41) is 120. The average Bonchev–Trinajstić information content (AvgIpc) is 3.06. The minimum atomic E-state index is -0.586. The molecule has 16 nitrogen and oxygen atoms in total. The van der Waals surface area contributed by atoms with Gasteiger partial charge in [-0.3, -0.25) is 20.0 Å². The van der Waals surface area contributed by atoms with Crippen molar-refractivity contribution in [3.8, 4) is 69.0 Å². The van der Waals surface area contributed by atoms with Gasteiger partial charge in [0.15, 0.2) is 46.0 Å². The Morgan fingerprint density at radius 3 is 0.620 bits per heavy atom. The number of nitrogens with zero attached hydrogens (tertiary/aromatic N) is 4. The topological polar surface area (TPSA) is 292 Å². The van der Waals surface area contributed by atoms with E-state index in [-0.39, 0.29) is 45.0 Å². The number of hydrogen-bond donors (Lipinski definition) is 12. The summed E-state index contributed by atoms with van der Waals surface area (Å²) in [6, 6.07) is 10.3. The smallest absolute Gasteiger partial charge is 0.161 e. The Morgan fingerprint density at radius 1 is 0.240 bits per heavy atom. The molecule has 0 fully saturated rings. The molecule has 0 heterocycles. The van der Waals surface area contributed by atoms with Crippen molar-refractivity contribution in [1.29, 1.82) is 0 Å². The predicted molar refractivity (Wildman–Crippen MR) is 181 cm³/mol. The van der Waals surface area contributed by atoms with Crippen LogP contribution in [0, 0.1) is 0 Å². The Balaban J connectivity index is 1.72. The third-order valence-corrected chi connectivity index (χ3v) is 6.94. The summed E-state index contributed by atoms with van der Waals surface area (Å²) in [6.45, 7) is 0. The van der Waals surface area contributed by atoms with Gasteiger partial charge in [0.2, 0.25) is 0 Å². The van der Waals surface area contributed by atoms with E-state index in [9.17, 15) is 61.3 Å². The van der Waals surface area contributed by atoms with E-state index in [2.05, 4.69) is 20.0 Å².